The van der Waals surface area contributed by atoms with E-state index in [0.29, 0.717) is 5.96 Å². The van der Waals surface area contributed by atoms with Gasteiger partial charge in [0.2, 0.25) is 5.91 Å². The summed E-state index contributed by atoms with van der Waals surface area (Å²) in [6.07, 6.45) is 0.931. The van der Waals surface area contributed by atoms with Crippen LogP contribution >= 0.6 is 24.0 Å². The van der Waals surface area contributed by atoms with Crippen molar-refractivity contribution in [3.05, 3.63) is 17.5 Å². The number of guanidine groups is 1. The van der Waals surface area contributed by atoms with Crippen LogP contribution in [-0.2, 0) is 11.3 Å². The molecule has 0 spiro atoms. The number of aryl methyl sites for hydroxylation is 3. The second-order valence-corrected chi connectivity index (χ2v) is 6.92. The lowest BCUT2D eigenvalue weighted by Gasteiger charge is -2.20. The minimum Gasteiger partial charge on any atom is -0.357 e. The summed E-state index contributed by atoms with van der Waals surface area (Å²) in [4.78, 5) is 16.2. The lowest BCUT2D eigenvalue weighted by molar-refractivity contribution is -0.121. The van der Waals surface area contributed by atoms with Crippen molar-refractivity contribution in [1.82, 2.24) is 25.7 Å². The summed E-state index contributed by atoms with van der Waals surface area (Å²) in [6.45, 7) is 14.4. The Bertz CT molecular complexity index is 562. The predicted molar refractivity (Wildman–Crippen MR) is 114 cm³/mol. The van der Waals surface area contributed by atoms with E-state index in [1.807, 2.05) is 39.3 Å². The molecular weight excluding hydrogens is 431 g/mol. The Hall–Kier alpha value is -1.32. The Morgan fingerprint density at radius 3 is 2.48 bits per heavy atom. The number of nitrogens with zero attached hydrogens (tertiary/aromatic N) is 3. The van der Waals surface area contributed by atoms with Crippen molar-refractivity contribution in [3.63, 3.8) is 0 Å². The topological polar surface area (TPSA) is 83.3 Å². The molecule has 1 aromatic heterocycles. The van der Waals surface area contributed by atoms with Crippen LogP contribution in [0.5, 0.6) is 0 Å². The first kappa shape index (κ1) is 23.7. The summed E-state index contributed by atoms with van der Waals surface area (Å²) >= 11 is 0. The molecule has 0 atom stereocenters. The molecule has 0 bridgehead atoms. The van der Waals surface area contributed by atoms with E-state index in [0.717, 1.165) is 31.7 Å². The van der Waals surface area contributed by atoms with Gasteiger partial charge in [-0.05, 0) is 54.0 Å². The third kappa shape index (κ3) is 10.3. The minimum atomic E-state index is -0.238. The Morgan fingerprint density at radius 1 is 1.28 bits per heavy atom. The Balaban J connectivity index is 0.00000576. The number of amides is 1. The molecule has 3 N–H and O–H groups in total. The van der Waals surface area contributed by atoms with E-state index in [1.165, 1.54) is 5.69 Å². The normalized spacial score (nSPS) is 11.7. The molecule has 0 saturated heterocycles. The first-order valence-corrected chi connectivity index (χ1v) is 8.55. The molecule has 1 amide bonds. The number of hydrogen-bond donors (Lipinski definition) is 3. The van der Waals surface area contributed by atoms with Crippen LogP contribution in [0.1, 0.15) is 45.5 Å². The van der Waals surface area contributed by atoms with Gasteiger partial charge in [-0.3, -0.25) is 9.48 Å². The maximum absolute atomic E-state index is 11.8. The van der Waals surface area contributed by atoms with Crippen molar-refractivity contribution in [3.8, 4) is 0 Å². The molecule has 0 fully saturated rings. The number of hydrogen-bond acceptors (Lipinski definition) is 3. The van der Waals surface area contributed by atoms with Gasteiger partial charge in [-0.2, -0.15) is 5.10 Å². The quantitative estimate of drug-likeness (QED) is 0.250. The number of halogens is 1. The first-order chi connectivity index (χ1) is 11.2. The molecule has 0 aliphatic carbocycles. The molecule has 1 rings (SSSR count). The monoisotopic (exact) mass is 464 g/mol. The van der Waals surface area contributed by atoms with Gasteiger partial charge in [0.15, 0.2) is 5.96 Å². The molecule has 25 heavy (non-hydrogen) atoms. The summed E-state index contributed by atoms with van der Waals surface area (Å²) in [5, 5.41) is 13.8. The average molecular weight is 464 g/mol. The third-order valence-corrected chi connectivity index (χ3v) is 3.18. The molecule has 0 aliphatic heterocycles. The van der Waals surface area contributed by atoms with Crippen molar-refractivity contribution in [2.24, 2.45) is 4.99 Å². The summed E-state index contributed by atoms with van der Waals surface area (Å²) < 4.78 is 2.01. The minimum absolute atomic E-state index is 0. The maximum Gasteiger partial charge on any atom is 0.242 e. The van der Waals surface area contributed by atoms with Crippen LogP contribution in [0.2, 0.25) is 0 Å². The largest absolute Gasteiger partial charge is 0.357 e. The molecule has 1 aromatic rings. The van der Waals surface area contributed by atoms with Gasteiger partial charge in [-0.25, -0.2) is 4.99 Å². The summed E-state index contributed by atoms with van der Waals surface area (Å²) in [5.41, 5.74) is 1.98. The Morgan fingerprint density at radius 2 is 1.96 bits per heavy atom. The molecule has 7 nitrogen and oxygen atoms in total. The van der Waals surface area contributed by atoms with Crippen LogP contribution in [-0.4, -0.2) is 46.8 Å². The van der Waals surface area contributed by atoms with E-state index >= 15 is 0 Å². The van der Waals surface area contributed by atoms with Crippen molar-refractivity contribution in [2.75, 3.05) is 19.6 Å². The standard InChI is InChI=1S/C17H32N6O.HI/c1-7-18-16(20-12-15(24)21-17(4,5)6)19-9-8-10-23-14(3)11-13(2)22-23;/h11H,7-10,12H2,1-6H3,(H,21,24)(H2,18,19,20);1H. The average Bonchev–Trinajstić information content (AvgIpc) is 2.77. The lowest BCUT2D eigenvalue weighted by Crippen LogP contribution is -2.43. The Labute approximate surface area is 168 Å². The number of nitrogens with one attached hydrogen (secondary N) is 3. The fourth-order valence-corrected chi connectivity index (χ4v) is 2.29. The van der Waals surface area contributed by atoms with Crippen molar-refractivity contribution < 1.29 is 4.79 Å². The molecule has 0 unspecified atom stereocenters. The van der Waals surface area contributed by atoms with Crippen molar-refractivity contribution in [2.45, 2.75) is 60.0 Å². The van der Waals surface area contributed by atoms with E-state index in [9.17, 15) is 4.79 Å². The van der Waals surface area contributed by atoms with Gasteiger partial charge < -0.3 is 16.0 Å². The van der Waals surface area contributed by atoms with Crippen LogP contribution in [0.25, 0.3) is 0 Å². The van der Waals surface area contributed by atoms with Gasteiger partial charge in [-0.1, -0.05) is 0 Å². The number of rotatable bonds is 7. The van der Waals surface area contributed by atoms with Crippen LogP contribution in [0.3, 0.4) is 0 Å². The first-order valence-electron chi connectivity index (χ1n) is 8.55. The van der Waals surface area contributed by atoms with Gasteiger partial charge in [-0.15, -0.1) is 24.0 Å². The molecule has 1 heterocycles. The second-order valence-electron chi connectivity index (χ2n) is 6.92. The number of carbonyl (C=O) groups is 1. The third-order valence-electron chi connectivity index (χ3n) is 3.18. The van der Waals surface area contributed by atoms with Crippen LogP contribution < -0.4 is 16.0 Å². The Kier molecular flexibility index (Phi) is 10.7. The van der Waals surface area contributed by atoms with Crippen molar-refractivity contribution >= 4 is 35.8 Å². The van der Waals surface area contributed by atoms with Gasteiger partial charge in [0, 0.05) is 30.9 Å². The molecule has 0 aromatic carbocycles. The van der Waals surface area contributed by atoms with Gasteiger partial charge in [0.1, 0.15) is 6.54 Å². The predicted octanol–water partition coefficient (Wildman–Crippen LogP) is 1.98. The van der Waals surface area contributed by atoms with Crippen LogP contribution in [0.4, 0.5) is 0 Å². The summed E-state index contributed by atoms with van der Waals surface area (Å²) in [7, 11) is 0. The van der Waals surface area contributed by atoms with Gasteiger partial charge in [0.05, 0.1) is 5.69 Å². The van der Waals surface area contributed by atoms with Crippen molar-refractivity contribution in [1.29, 1.82) is 0 Å². The maximum atomic E-state index is 11.8. The second kappa shape index (κ2) is 11.3. The highest BCUT2D eigenvalue weighted by Crippen LogP contribution is 2.02. The van der Waals surface area contributed by atoms with E-state index in [2.05, 4.69) is 39.0 Å². The zero-order chi connectivity index (χ0) is 18.2. The highest BCUT2D eigenvalue weighted by atomic mass is 127. The molecule has 0 aliphatic rings. The molecule has 8 heteroatoms. The lowest BCUT2D eigenvalue weighted by atomic mass is 10.1. The fraction of sp³-hybridized carbons (Fsp3) is 0.706. The van der Waals surface area contributed by atoms with Crippen LogP contribution in [0, 0.1) is 13.8 Å². The number of aliphatic imine (C=N–C) groups is 1. The van der Waals surface area contributed by atoms with E-state index in [1.54, 1.807) is 0 Å². The number of carbonyl (C=O) groups excluding carboxylic acids is 1. The summed E-state index contributed by atoms with van der Waals surface area (Å²) in [5.74, 6) is 0.581. The molecule has 0 radical (unpaired) electrons. The SMILES string of the molecule is CCNC(=NCC(=O)NC(C)(C)C)NCCCn1nc(C)cc1C.I. The smallest absolute Gasteiger partial charge is 0.242 e. The van der Waals surface area contributed by atoms with E-state index in [-0.39, 0.29) is 42.0 Å². The van der Waals surface area contributed by atoms with E-state index < -0.39 is 0 Å². The molecule has 0 saturated carbocycles. The zero-order valence-electron chi connectivity index (χ0n) is 16.3. The highest BCUT2D eigenvalue weighted by molar-refractivity contribution is 14.0. The highest BCUT2D eigenvalue weighted by Gasteiger charge is 2.13. The molecule has 144 valence electrons. The fourth-order valence-electron chi connectivity index (χ4n) is 2.29. The van der Waals surface area contributed by atoms with E-state index in [4.69, 9.17) is 0 Å². The number of aromatic nitrogens is 2. The zero-order valence-corrected chi connectivity index (χ0v) is 18.6. The summed E-state index contributed by atoms with van der Waals surface area (Å²) in [6, 6.07) is 2.08. The van der Waals surface area contributed by atoms with Gasteiger partial charge >= 0.3 is 0 Å². The molecular formula is C17H33IN6O. The van der Waals surface area contributed by atoms with Crippen LogP contribution in [0.15, 0.2) is 11.1 Å². The van der Waals surface area contributed by atoms with Gasteiger partial charge in [0.25, 0.3) is 0 Å².